The molecule has 6 heteroatoms. The summed E-state index contributed by atoms with van der Waals surface area (Å²) in [6, 6.07) is 5.25. The fourth-order valence-electron chi connectivity index (χ4n) is 1.41. The summed E-state index contributed by atoms with van der Waals surface area (Å²) in [6.45, 7) is 3.21. The Morgan fingerprint density at radius 2 is 1.94 bits per heavy atom. The minimum Gasteiger partial charge on any atom is -0.207 e. The van der Waals surface area contributed by atoms with Gasteiger partial charge in [-0.25, -0.2) is 4.39 Å². The molecule has 0 spiro atoms. The molecule has 1 aromatic heterocycles. The molecular weight excluding hydrogens is 243 g/mol. The van der Waals surface area contributed by atoms with E-state index in [9.17, 15) is 12.8 Å². The lowest BCUT2D eigenvalue weighted by Crippen LogP contribution is -2.14. The van der Waals surface area contributed by atoms with Crippen LogP contribution in [0.4, 0.5) is 4.39 Å². The van der Waals surface area contributed by atoms with Gasteiger partial charge in [-0.2, -0.15) is 17.6 Å². The van der Waals surface area contributed by atoms with E-state index in [1.807, 2.05) is 0 Å². The van der Waals surface area contributed by atoms with E-state index >= 15 is 0 Å². The van der Waals surface area contributed by atoms with Crippen molar-refractivity contribution in [1.82, 2.24) is 9.19 Å². The molecule has 0 aliphatic carbocycles. The third-order valence-corrected chi connectivity index (χ3v) is 3.92. The van der Waals surface area contributed by atoms with Crippen LogP contribution in [-0.2, 0) is 10.0 Å². The maximum absolute atomic E-state index is 13.1. The Kier molecular flexibility index (Phi) is 2.74. The highest BCUT2D eigenvalue weighted by Gasteiger charge is 2.18. The van der Waals surface area contributed by atoms with Gasteiger partial charge in [0.05, 0.1) is 10.6 Å². The van der Waals surface area contributed by atoms with Crippen molar-refractivity contribution in [2.24, 2.45) is 0 Å². The number of aromatic nitrogens is 2. The lowest BCUT2D eigenvalue weighted by Gasteiger charge is -2.05. The van der Waals surface area contributed by atoms with E-state index in [1.165, 1.54) is 25.3 Å². The summed E-state index contributed by atoms with van der Waals surface area (Å²) in [6.07, 6.45) is 1.36. The first-order chi connectivity index (χ1) is 7.91. The summed E-state index contributed by atoms with van der Waals surface area (Å²) in [4.78, 5) is 0.0273. The van der Waals surface area contributed by atoms with Crippen molar-refractivity contribution in [3.05, 3.63) is 47.5 Å². The van der Waals surface area contributed by atoms with Crippen molar-refractivity contribution in [2.75, 3.05) is 0 Å². The zero-order chi connectivity index (χ0) is 12.6. The molecule has 0 bridgehead atoms. The number of benzene rings is 1. The summed E-state index contributed by atoms with van der Waals surface area (Å²) in [5.74, 6) is -0.430. The van der Waals surface area contributed by atoms with E-state index in [0.717, 1.165) is 10.2 Å². The van der Waals surface area contributed by atoms with Crippen LogP contribution in [0.25, 0.3) is 0 Å². The smallest absolute Gasteiger partial charge is 0.207 e. The summed E-state index contributed by atoms with van der Waals surface area (Å²) in [7, 11) is -3.72. The van der Waals surface area contributed by atoms with Crippen LogP contribution >= 0.6 is 0 Å². The Labute approximate surface area is 98.8 Å². The Bertz CT molecular complexity index is 662. The molecule has 0 fully saturated rings. The normalized spacial score (nSPS) is 11.7. The Balaban J connectivity index is 2.56. The van der Waals surface area contributed by atoms with Crippen LogP contribution in [0.2, 0.25) is 0 Å². The number of hydrogen-bond donors (Lipinski definition) is 0. The molecule has 0 atom stereocenters. The number of aryl methyl sites for hydroxylation is 2. The van der Waals surface area contributed by atoms with Crippen molar-refractivity contribution in [3.8, 4) is 0 Å². The van der Waals surface area contributed by atoms with Gasteiger partial charge in [-0.3, -0.25) is 0 Å². The van der Waals surface area contributed by atoms with Crippen molar-refractivity contribution < 1.29 is 12.8 Å². The van der Waals surface area contributed by atoms with E-state index in [-0.39, 0.29) is 10.5 Å². The number of rotatable bonds is 2. The van der Waals surface area contributed by atoms with Gasteiger partial charge >= 0.3 is 0 Å². The molecule has 0 radical (unpaired) electrons. The molecule has 2 aromatic rings. The van der Waals surface area contributed by atoms with E-state index < -0.39 is 15.8 Å². The van der Waals surface area contributed by atoms with Gasteiger partial charge in [0.15, 0.2) is 0 Å². The monoisotopic (exact) mass is 254 g/mol. The lowest BCUT2D eigenvalue weighted by molar-refractivity contribution is 0.578. The van der Waals surface area contributed by atoms with Gasteiger partial charge in [0.25, 0.3) is 10.0 Å². The molecule has 0 saturated heterocycles. The fraction of sp³-hybridized carbons (Fsp3) is 0.182. The zero-order valence-corrected chi connectivity index (χ0v) is 10.2. The first-order valence-electron chi connectivity index (χ1n) is 4.95. The number of nitrogens with zero attached hydrogens (tertiary/aromatic N) is 2. The highest BCUT2D eigenvalue weighted by molar-refractivity contribution is 7.89. The first kappa shape index (κ1) is 11.8. The zero-order valence-electron chi connectivity index (χ0n) is 9.38. The maximum Gasteiger partial charge on any atom is 0.282 e. The van der Waals surface area contributed by atoms with Gasteiger partial charge in [0, 0.05) is 6.20 Å². The second-order valence-electron chi connectivity index (χ2n) is 3.75. The molecule has 0 N–H and O–H groups in total. The largest absolute Gasteiger partial charge is 0.282 e. The van der Waals surface area contributed by atoms with Crippen LogP contribution in [0.15, 0.2) is 35.4 Å². The van der Waals surface area contributed by atoms with Crippen LogP contribution in [-0.4, -0.2) is 17.6 Å². The van der Waals surface area contributed by atoms with Gasteiger partial charge in [-0.05, 0) is 43.7 Å². The Morgan fingerprint density at radius 3 is 2.47 bits per heavy atom. The predicted molar refractivity (Wildman–Crippen MR) is 60.7 cm³/mol. The number of hydrogen-bond acceptors (Lipinski definition) is 3. The third-order valence-electron chi connectivity index (χ3n) is 2.37. The summed E-state index contributed by atoms with van der Waals surface area (Å²) >= 11 is 0. The minimum atomic E-state index is -3.72. The summed E-state index contributed by atoms with van der Waals surface area (Å²) < 4.78 is 38.1. The molecule has 0 aliphatic heterocycles. The first-order valence-corrected chi connectivity index (χ1v) is 6.39. The van der Waals surface area contributed by atoms with Crippen molar-refractivity contribution in [2.45, 2.75) is 18.7 Å². The lowest BCUT2D eigenvalue weighted by atomic mass is 10.2. The fourth-order valence-corrected chi connectivity index (χ4v) is 2.65. The molecule has 4 nitrogen and oxygen atoms in total. The van der Waals surface area contributed by atoms with Crippen LogP contribution in [0, 0.1) is 19.7 Å². The van der Waals surface area contributed by atoms with Crippen LogP contribution in [0.5, 0.6) is 0 Å². The third kappa shape index (κ3) is 2.08. The molecule has 90 valence electrons. The predicted octanol–water partition coefficient (Wildman–Crippen LogP) is 1.88. The van der Waals surface area contributed by atoms with Gasteiger partial charge in [-0.15, -0.1) is 0 Å². The second kappa shape index (κ2) is 3.96. The summed E-state index contributed by atoms with van der Waals surface area (Å²) in [5, 5.41) is 3.85. The molecule has 17 heavy (non-hydrogen) atoms. The average Bonchev–Trinajstić information content (AvgIpc) is 2.69. The van der Waals surface area contributed by atoms with Crippen molar-refractivity contribution >= 4 is 10.0 Å². The molecule has 0 aliphatic rings. The molecule has 1 heterocycles. The minimum absolute atomic E-state index is 0.0273. The number of halogens is 1. The highest BCUT2D eigenvalue weighted by Crippen LogP contribution is 2.16. The quantitative estimate of drug-likeness (QED) is 0.822. The van der Waals surface area contributed by atoms with Gasteiger partial charge < -0.3 is 0 Å². The van der Waals surface area contributed by atoms with Gasteiger partial charge in [-0.1, -0.05) is 0 Å². The molecule has 0 unspecified atom stereocenters. The van der Waals surface area contributed by atoms with E-state index in [0.29, 0.717) is 5.69 Å². The van der Waals surface area contributed by atoms with E-state index in [1.54, 1.807) is 13.0 Å². The van der Waals surface area contributed by atoms with Gasteiger partial charge in [0.1, 0.15) is 5.82 Å². The highest BCUT2D eigenvalue weighted by atomic mass is 32.2. The molecule has 0 amide bonds. The van der Waals surface area contributed by atoms with Crippen molar-refractivity contribution in [3.63, 3.8) is 0 Å². The van der Waals surface area contributed by atoms with Crippen LogP contribution in [0.3, 0.4) is 0 Å². The summed E-state index contributed by atoms with van der Waals surface area (Å²) in [5.41, 5.74) is 0.891. The van der Waals surface area contributed by atoms with Crippen molar-refractivity contribution in [1.29, 1.82) is 0 Å². The second-order valence-corrected chi connectivity index (χ2v) is 5.54. The SMILES string of the molecule is Cc1ccn(S(=O)(=O)c2ccc(F)c(C)c2)n1. The topological polar surface area (TPSA) is 52.0 Å². The van der Waals surface area contributed by atoms with Gasteiger partial charge in [0.2, 0.25) is 0 Å². The van der Waals surface area contributed by atoms with Crippen LogP contribution in [0.1, 0.15) is 11.3 Å². The van der Waals surface area contributed by atoms with E-state index in [4.69, 9.17) is 0 Å². The molecule has 0 saturated carbocycles. The van der Waals surface area contributed by atoms with E-state index in [2.05, 4.69) is 5.10 Å². The Hall–Kier alpha value is -1.69. The molecular formula is C11H11FN2O2S. The molecule has 1 aromatic carbocycles. The Morgan fingerprint density at radius 1 is 1.24 bits per heavy atom. The standard InChI is InChI=1S/C11H11FN2O2S/c1-8-7-10(3-4-11(8)12)17(15,16)14-6-5-9(2)13-14/h3-7H,1-2H3. The maximum atomic E-state index is 13.1. The molecule has 2 rings (SSSR count). The van der Waals surface area contributed by atoms with Crippen LogP contribution < -0.4 is 0 Å². The average molecular weight is 254 g/mol.